The number of esters is 4. The average molecular weight is 1380 g/mol. The SMILES string of the molecule is CCC(C)CCCCCCCCCCC(=O)O[C@H](COC(=O)CCCCCCCCCCCC(C)C)COP(=O)(O)OCC(O)COP(=O)(O)OC[C@@H](COC(=O)CCCCCCCCC(C)C)OC(=O)CCCCCCCCCCCCCCCCCCCCC(C)C. The van der Waals surface area contributed by atoms with Gasteiger partial charge in [-0.1, -0.05) is 325 Å². The number of unbranched alkanes of at least 4 members (excludes halogenated alkanes) is 37. The third-order valence-electron chi connectivity index (χ3n) is 17.7. The lowest BCUT2D eigenvalue weighted by molar-refractivity contribution is -0.161. The lowest BCUT2D eigenvalue weighted by Gasteiger charge is -2.21. The molecule has 0 radical (unpaired) electrons. The van der Waals surface area contributed by atoms with Gasteiger partial charge in [0.15, 0.2) is 12.2 Å². The summed E-state index contributed by atoms with van der Waals surface area (Å²) in [5.41, 5.74) is 0. The van der Waals surface area contributed by atoms with E-state index in [0.29, 0.717) is 31.6 Å². The molecule has 0 aromatic rings. The van der Waals surface area contributed by atoms with Crippen molar-refractivity contribution in [3.8, 4) is 0 Å². The highest BCUT2D eigenvalue weighted by atomic mass is 31.2. The molecule has 558 valence electrons. The summed E-state index contributed by atoms with van der Waals surface area (Å²) in [4.78, 5) is 72.7. The first-order valence-corrected chi connectivity index (χ1v) is 41.7. The third-order valence-corrected chi connectivity index (χ3v) is 19.6. The van der Waals surface area contributed by atoms with Crippen LogP contribution in [0, 0.1) is 23.7 Å². The van der Waals surface area contributed by atoms with Gasteiger partial charge in [-0.05, 0) is 49.4 Å². The molecule has 17 nitrogen and oxygen atoms in total. The van der Waals surface area contributed by atoms with Gasteiger partial charge in [0.2, 0.25) is 0 Å². The molecule has 0 aliphatic carbocycles. The molecule has 0 amide bonds. The summed E-state index contributed by atoms with van der Waals surface area (Å²) in [6.45, 7) is 14.1. The number of aliphatic hydroxyl groups is 1. The molecule has 0 heterocycles. The molecule has 0 aromatic carbocycles. The Bertz CT molecular complexity index is 1850. The van der Waals surface area contributed by atoms with Crippen molar-refractivity contribution in [3.05, 3.63) is 0 Å². The van der Waals surface area contributed by atoms with Crippen molar-refractivity contribution in [1.82, 2.24) is 0 Å². The number of carbonyl (C=O) groups excluding carboxylic acids is 4. The molecule has 0 rings (SSSR count). The van der Waals surface area contributed by atoms with Gasteiger partial charge in [-0.2, -0.15) is 0 Å². The van der Waals surface area contributed by atoms with Crippen LogP contribution in [0.5, 0.6) is 0 Å². The van der Waals surface area contributed by atoms with Crippen molar-refractivity contribution in [1.29, 1.82) is 0 Å². The van der Waals surface area contributed by atoms with Gasteiger partial charge in [-0.15, -0.1) is 0 Å². The van der Waals surface area contributed by atoms with Crippen molar-refractivity contribution in [2.24, 2.45) is 23.7 Å². The molecule has 3 N–H and O–H groups in total. The molecule has 0 aliphatic heterocycles. The number of hydrogen-bond donors (Lipinski definition) is 3. The smallest absolute Gasteiger partial charge is 0.462 e. The van der Waals surface area contributed by atoms with Gasteiger partial charge in [0.1, 0.15) is 19.3 Å². The highest BCUT2D eigenvalue weighted by Crippen LogP contribution is 2.45. The minimum absolute atomic E-state index is 0.104. The van der Waals surface area contributed by atoms with Crippen molar-refractivity contribution in [2.75, 3.05) is 39.6 Å². The Labute approximate surface area is 575 Å². The zero-order valence-electron chi connectivity index (χ0n) is 61.6. The van der Waals surface area contributed by atoms with Gasteiger partial charge in [0, 0.05) is 25.7 Å². The second kappa shape index (κ2) is 64.4. The minimum Gasteiger partial charge on any atom is -0.462 e. The van der Waals surface area contributed by atoms with Crippen molar-refractivity contribution >= 4 is 39.5 Å². The Balaban J connectivity index is 5.17. The lowest BCUT2D eigenvalue weighted by Crippen LogP contribution is -2.30. The van der Waals surface area contributed by atoms with Crippen LogP contribution in [0.4, 0.5) is 0 Å². The van der Waals surface area contributed by atoms with Gasteiger partial charge in [-0.3, -0.25) is 37.3 Å². The summed E-state index contributed by atoms with van der Waals surface area (Å²) >= 11 is 0. The van der Waals surface area contributed by atoms with E-state index in [1.165, 1.54) is 173 Å². The van der Waals surface area contributed by atoms with Crippen LogP contribution in [0.1, 0.15) is 376 Å². The first-order chi connectivity index (χ1) is 45.1. The largest absolute Gasteiger partial charge is 0.472 e. The van der Waals surface area contributed by atoms with E-state index in [0.717, 1.165) is 114 Å². The predicted octanol–water partition coefficient (Wildman–Crippen LogP) is 21.7. The average Bonchev–Trinajstić information content (AvgIpc) is 1.31. The number of phosphoric acid groups is 2. The van der Waals surface area contributed by atoms with Gasteiger partial charge in [0.05, 0.1) is 26.4 Å². The highest BCUT2D eigenvalue weighted by molar-refractivity contribution is 7.47. The first-order valence-electron chi connectivity index (χ1n) is 38.7. The number of rotatable bonds is 72. The first kappa shape index (κ1) is 92.1. The van der Waals surface area contributed by atoms with Crippen LogP contribution in [0.3, 0.4) is 0 Å². The van der Waals surface area contributed by atoms with Crippen LogP contribution in [0.15, 0.2) is 0 Å². The fourth-order valence-corrected chi connectivity index (χ4v) is 12.9. The van der Waals surface area contributed by atoms with Crippen LogP contribution in [0.2, 0.25) is 0 Å². The normalized spacial score (nSPS) is 14.4. The fraction of sp³-hybridized carbons (Fsp3) is 0.947. The maximum Gasteiger partial charge on any atom is 0.472 e. The van der Waals surface area contributed by atoms with Gasteiger partial charge >= 0.3 is 39.5 Å². The zero-order valence-corrected chi connectivity index (χ0v) is 63.4. The van der Waals surface area contributed by atoms with Gasteiger partial charge < -0.3 is 33.8 Å². The van der Waals surface area contributed by atoms with Crippen molar-refractivity contribution < 1.29 is 80.2 Å². The molecule has 0 aromatic heterocycles. The van der Waals surface area contributed by atoms with Gasteiger partial charge in [0.25, 0.3) is 0 Å². The molecular formula is C75H146O17P2. The Morgan fingerprint density at radius 2 is 0.511 bits per heavy atom. The molecule has 0 saturated heterocycles. The number of phosphoric ester groups is 2. The van der Waals surface area contributed by atoms with Gasteiger partial charge in [-0.25, -0.2) is 9.13 Å². The second-order valence-corrected chi connectivity index (χ2v) is 31.6. The highest BCUT2D eigenvalue weighted by Gasteiger charge is 2.30. The zero-order chi connectivity index (χ0) is 69.6. The summed E-state index contributed by atoms with van der Waals surface area (Å²) in [6.07, 6.45) is 48.8. The van der Waals surface area contributed by atoms with Crippen LogP contribution in [0.25, 0.3) is 0 Å². The van der Waals surface area contributed by atoms with Crippen LogP contribution >= 0.6 is 15.6 Å². The van der Waals surface area contributed by atoms with E-state index in [1.54, 1.807) is 0 Å². The monoisotopic (exact) mass is 1380 g/mol. The molecule has 94 heavy (non-hydrogen) atoms. The van der Waals surface area contributed by atoms with E-state index in [9.17, 15) is 43.2 Å². The Morgan fingerprint density at radius 3 is 0.755 bits per heavy atom. The summed E-state index contributed by atoms with van der Waals surface area (Å²) in [5.74, 6) is 0.886. The van der Waals surface area contributed by atoms with Crippen LogP contribution < -0.4 is 0 Å². The number of aliphatic hydroxyl groups excluding tert-OH is 1. The summed E-state index contributed by atoms with van der Waals surface area (Å²) in [6, 6.07) is 0. The van der Waals surface area contributed by atoms with E-state index in [-0.39, 0.29) is 25.7 Å². The molecule has 0 saturated carbocycles. The minimum atomic E-state index is -4.96. The summed E-state index contributed by atoms with van der Waals surface area (Å²) < 4.78 is 68.4. The van der Waals surface area contributed by atoms with E-state index in [2.05, 4.69) is 55.4 Å². The Kier molecular flexibility index (Phi) is 63.1. The number of hydrogen-bond acceptors (Lipinski definition) is 15. The molecular weight excluding hydrogens is 1230 g/mol. The number of carbonyl (C=O) groups is 4. The van der Waals surface area contributed by atoms with E-state index in [4.69, 9.17) is 37.0 Å². The lowest BCUT2D eigenvalue weighted by atomic mass is 9.99. The molecule has 19 heteroatoms. The fourth-order valence-electron chi connectivity index (χ4n) is 11.3. The second-order valence-electron chi connectivity index (χ2n) is 28.7. The van der Waals surface area contributed by atoms with Crippen molar-refractivity contribution in [2.45, 2.75) is 395 Å². The van der Waals surface area contributed by atoms with E-state index >= 15 is 0 Å². The molecule has 0 spiro atoms. The molecule has 0 aliphatic rings. The standard InChI is InChI=1S/C75H146O17P2/c1-9-68(8)54-46-38-29-25-26-32-42-50-58-75(80)92-70(61-85-72(77)55-47-39-30-24-20-22-28-36-44-52-66(4)5)63-89-93(81,82)87-59-69(76)60-88-94(83,84)90-64-71(62-86-73(78)56-48-40-34-33-37-45-53-67(6)7)91-74(79)57-49-41-31-23-19-17-15-13-11-10-12-14-16-18-21-27-35-43-51-65(2)3/h65-71,76H,9-64H2,1-8H3,(H,81,82)(H,83,84)/t68?,69?,70-,71-/m1/s1. The molecule has 6 atom stereocenters. The third kappa shape index (κ3) is 67.3. The van der Waals surface area contributed by atoms with Crippen molar-refractivity contribution in [3.63, 3.8) is 0 Å². The maximum absolute atomic E-state index is 13.0. The Hall–Kier alpha value is -1.94. The van der Waals surface area contributed by atoms with Crippen LogP contribution in [-0.2, 0) is 65.4 Å². The predicted molar refractivity (Wildman–Crippen MR) is 381 cm³/mol. The summed E-state index contributed by atoms with van der Waals surface area (Å²) in [7, 11) is -9.91. The summed E-state index contributed by atoms with van der Waals surface area (Å²) in [5, 5.41) is 10.6. The topological polar surface area (TPSA) is 237 Å². The molecule has 0 bridgehead atoms. The van der Waals surface area contributed by atoms with Crippen LogP contribution in [-0.4, -0.2) is 96.7 Å². The maximum atomic E-state index is 13.0. The molecule has 0 fully saturated rings. The number of ether oxygens (including phenoxy) is 4. The molecule has 4 unspecified atom stereocenters. The Morgan fingerprint density at radius 1 is 0.298 bits per heavy atom. The van der Waals surface area contributed by atoms with E-state index in [1.807, 2.05) is 0 Å². The quantitative estimate of drug-likeness (QED) is 0.0222. The van der Waals surface area contributed by atoms with E-state index < -0.39 is 97.5 Å².